The Bertz CT molecular complexity index is 550. The molecule has 4 nitrogen and oxygen atoms in total. The Morgan fingerprint density at radius 3 is 2.14 bits per heavy atom. The summed E-state index contributed by atoms with van der Waals surface area (Å²) in [5.74, 6) is -0.353. The molecule has 0 atom stereocenters. The second-order valence-electron chi connectivity index (χ2n) is 7.20. The van der Waals surface area contributed by atoms with E-state index in [1.54, 1.807) is 0 Å². The van der Waals surface area contributed by atoms with Crippen molar-refractivity contribution in [1.82, 2.24) is 0 Å². The van der Waals surface area contributed by atoms with Crippen LogP contribution in [0.2, 0.25) is 0 Å². The minimum atomic E-state index is -0.723. The smallest absolute Gasteiger partial charge is 0.399 e. The maximum Gasteiger partial charge on any atom is 0.494 e. The van der Waals surface area contributed by atoms with Gasteiger partial charge in [0.2, 0.25) is 5.91 Å². The minimum absolute atomic E-state index is 0.353. The lowest BCUT2D eigenvalue weighted by molar-refractivity contribution is -0.122. The van der Waals surface area contributed by atoms with Crippen molar-refractivity contribution in [1.29, 1.82) is 0 Å². The number of hydrogen-bond acceptors (Lipinski definition) is 3. The first-order valence-electron chi connectivity index (χ1n) is 7.23. The van der Waals surface area contributed by atoms with Crippen LogP contribution in [0.1, 0.15) is 47.1 Å². The molecule has 2 N–H and O–H groups in total. The van der Waals surface area contributed by atoms with Crippen LogP contribution in [0, 0.1) is 0 Å². The highest BCUT2D eigenvalue weighted by Crippen LogP contribution is 2.36. The molecule has 1 saturated heterocycles. The minimum Gasteiger partial charge on any atom is -0.399 e. The molecule has 1 aromatic rings. The number of primary amides is 1. The van der Waals surface area contributed by atoms with E-state index >= 15 is 0 Å². The van der Waals surface area contributed by atoms with Gasteiger partial charge in [-0.05, 0) is 52.6 Å². The van der Waals surface area contributed by atoms with Gasteiger partial charge < -0.3 is 15.0 Å². The molecule has 0 bridgehead atoms. The number of rotatable bonds is 3. The summed E-state index contributed by atoms with van der Waals surface area (Å²) < 4.78 is 12.1. The van der Waals surface area contributed by atoms with Crippen molar-refractivity contribution in [3.05, 3.63) is 29.8 Å². The Hall–Kier alpha value is -1.33. The zero-order chi connectivity index (χ0) is 16.1. The van der Waals surface area contributed by atoms with Crippen LogP contribution in [0.5, 0.6) is 0 Å². The van der Waals surface area contributed by atoms with E-state index in [0.29, 0.717) is 0 Å². The Kier molecular flexibility index (Phi) is 3.71. The summed E-state index contributed by atoms with van der Waals surface area (Å²) in [6, 6.07) is 7.69. The van der Waals surface area contributed by atoms with Gasteiger partial charge in [-0.25, -0.2) is 0 Å². The largest absolute Gasteiger partial charge is 0.494 e. The van der Waals surface area contributed by atoms with E-state index in [4.69, 9.17) is 15.0 Å². The van der Waals surface area contributed by atoms with E-state index in [1.807, 2.05) is 65.8 Å². The van der Waals surface area contributed by atoms with Crippen LogP contribution in [-0.2, 0) is 19.5 Å². The fourth-order valence-electron chi connectivity index (χ4n) is 2.20. The molecule has 5 heteroatoms. The molecule has 0 unspecified atom stereocenters. The summed E-state index contributed by atoms with van der Waals surface area (Å²) in [6.07, 6.45) is 0. The molecule has 0 radical (unpaired) electrons. The van der Waals surface area contributed by atoms with Gasteiger partial charge in [-0.2, -0.15) is 0 Å². The van der Waals surface area contributed by atoms with Crippen LogP contribution in [0.25, 0.3) is 0 Å². The van der Waals surface area contributed by atoms with E-state index in [-0.39, 0.29) is 17.1 Å². The Balaban J connectivity index is 2.34. The average Bonchev–Trinajstić information content (AvgIpc) is 2.58. The van der Waals surface area contributed by atoms with Crippen molar-refractivity contribution in [3.8, 4) is 0 Å². The SMILES string of the molecule is CC(C)(C(N)=O)c1cccc(B2OC(C)(C)C(C)(C)O2)c1. The summed E-state index contributed by atoms with van der Waals surface area (Å²) in [5.41, 5.74) is 5.77. The van der Waals surface area contributed by atoms with Crippen molar-refractivity contribution >= 4 is 18.5 Å². The molecular formula is C16H24BNO3. The van der Waals surface area contributed by atoms with E-state index in [9.17, 15) is 4.79 Å². The van der Waals surface area contributed by atoms with Crippen LogP contribution >= 0.6 is 0 Å². The molecule has 1 aliphatic heterocycles. The lowest BCUT2D eigenvalue weighted by Gasteiger charge is -2.32. The van der Waals surface area contributed by atoms with Crippen molar-refractivity contribution in [3.63, 3.8) is 0 Å². The van der Waals surface area contributed by atoms with E-state index in [0.717, 1.165) is 11.0 Å². The summed E-state index contributed by atoms with van der Waals surface area (Å²) in [6.45, 7) is 11.7. The lowest BCUT2D eigenvalue weighted by atomic mass is 9.75. The molecule has 0 aliphatic carbocycles. The molecular weight excluding hydrogens is 265 g/mol. The van der Waals surface area contributed by atoms with Gasteiger partial charge in [-0.15, -0.1) is 0 Å². The van der Waals surface area contributed by atoms with Crippen molar-refractivity contribution < 1.29 is 14.1 Å². The molecule has 0 aromatic heterocycles. The van der Waals surface area contributed by atoms with Crippen LogP contribution in [0.15, 0.2) is 24.3 Å². The highest BCUT2D eigenvalue weighted by atomic mass is 16.7. The number of nitrogens with two attached hydrogens (primary N) is 1. The molecule has 114 valence electrons. The summed E-state index contributed by atoms with van der Waals surface area (Å²) >= 11 is 0. The van der Waals surface area contributed by atoms with Crippen LogP contribution in [0.4, 0.5) is 0 Å². The third-order valence-corrected chi connectivity index (χ3v) is 4.75. The summed E-state index contributed by atoms with van der Waals surface area (Å²) in [5, 5.41) is 0. The third-order valence-electron chi connectivity index (χ3n) is 4.75. The molecule has 2 rings (SSSR count). The van der Waals surface area contributed by atoms with Gasteiger partial charge in [0.05, 0.1) is 16.6 Å². The van der Waals surface area contributed by atoms with Crippen LogP contribution in [0.3, 0.4) is 0 Å². The first kappa shape index (κ1) is 16.1. The zero-order valence-electron chi connectivity index (χ0n) is 13.7. The number of amides is 1. The van der Waals surface area contributed by atoms with E-state index < -0.39 is 12.5 Å². The number of benzene rings is 1. The molecule has 21 heavy (non-hydrogen) atoms. The van der Waals surface area contributed by atoms with Crippen molar-refractivity contribution in [2.45, 2.75) is 58.2 Å². The highest BCUT2D eigenvalue weighted by Gasteiger charge is 2.51. The first-order chi connectivity index (χ1) is 9.47. The van der Waals surface area contributed by atoms with Gasteiger partial charge in [0, 0.05) is 0 Å². The van der Waals surface area contributed by atoms with Gasteiger partial charge in [0.25, 0.3) is 0 Å². The summed E-state index contributed by atoms with van der Waals surface area (Å²) in [4.78, 5) is 11.6. The molecule has 0 spiro atoms. The molecule has 1 aliphatic rings. The Labute approximate surface area is 127 Å². The topological polar surface area (TPSA) is 61.6 Å². The van der Waals surface area contributed by atoms with Crippen molar-refractivity contribution in [2.75, 3.05) is 0 Å². The fourth-order valence-corrected chi connectivity index (χ4v) is 2.20. The Morgan fingerprint density at radius 2 is 1.67 bits per heavy atom. The third kappa shape index (κ3) is 2.72. The zero-order valence-corrected chi connectivity index (χ0v) is 13.7. The quantitative estimate of drug-likeness (QED) is 0.862. The lowest BCUT2D eigenvalue weighted by Crippen LogP contribution is -2.41. The predicted molar refractivity (Wildman–Crippen MR) is 84.4 cm³/mol. The van der Waals surface area contributed by atoms with Gasteiger partial charge in [-0.1, -0.05) is 24.3 Å². The van der Waals surface area contributed by atoms with Crippen molar-refractivity contribution in [2.24, 2.45) is 5.73 Å². The first-order valence-corrected chi connectivity index (χ1v) is 7.23. The second kappa shape index (κ2) is 4.85. The number of hydrogen-bond donors (Lipinski definition) is 1. The molecule has 1 aromatic carbocycles. The van der Waals surface area contributed by atoms with E-state index in [2.05, 4.69) is 0 Å². The highest BCUT2D eigenvalue weighted by molar-refractivity contribution is 6.62. The standard InChI is InChI=1S/C16H24BNO3/c1-14(2,13(18)19)11-8-7-9-12(10-11)17-20-15(3,4)16(5,6)21-17/h7-10H,1-6H3,(H2,18,19). The summed E-state index contributed by atoms with van der Waals surface area (Å²) in [7, 11) is -0.432. The normalized spacial score (nSPS) is 20.6. The number of carbonyl (C=O) groups is 1. The van der Waals surface area contributed by atoms with Gasteiger partial charge in [0.15, 0.2) is 0 Å². The average molecular weight is 289 g/mol. The molecule has 1 fully saturated rings. The van der Waals surface area contributed by atoms with Gasteiger partial charge >= 0.3 is 7.12 Å². The van der Waals surface area contributed by atoms with Gasteiger partial charge in [-0.3, -0.25) is 4.79 Å². The monoisotopic (exact) mass is 289 g/mol. The predicted octanol–water partition coefficient (Wildman–Crippen LogP) is 1.75. The Morgan fingerprint density at radius 1 is 1.14 bits per heavy atom. The van der Waals surface area contributed by atoms with E-state index in [1.165, 1.54) is 0 Å². The number of carbonyl (C=O) groups excluding carboxylic acids is 1. The maximum absolute atomic E-state index is 11.6. The molecule has 1 amide bonds. The van der Waals surface area contributed by atoms with Crippen LogP contribution in [-0.4, -0.2) is 24.2 Å². The molecule has 0 saturated carbocycles. The molecule has 1 heterocycles. The maximum atomic E-state index is 11.6. The second-order valence-corrected chi connectivity index (χ2v) is 7.20. The van der Waals surface area contributed by atoms with Crippen LogP contribution < -0.4 is 11.2 Å². The van der Waals surface area contributed by atoms with Gasteiger partial charge in [0.1, 0.15) is 0 Å². The fraction of sp³-hybridized carbons (Fsp3) is 0.562.